The molecule has 6 N–H and O–H groups in total. The number of aliphatic hydroxyl groups is 5. The van der Waals surface area contributed by atoms with Crippen molar-refractivity contribution >= 4 is 17.2 Å². The van der Waals surface area contributed by atoms with Gasteiger partial charge in [-0.3, -0.25) is 0 Å². The monoisotopic (exact) mass is 559 g/mol. The summed E-state index contributed by atoms with van der Waals surface area (Å²) in [6, 6.07) is -0.630. The normalized spacial score (nSPS) is 26.0. The highest BCUT2D eigenvalue weighted by atomic mass is 32.1. The molecule has 7 unspecified atom stereocenters. The molecule has 38 heavy (non-hydrogen) atoms. The van der Waals surface area contributed by atoms with Crippen LogP contribution in [0.15, 0.2) is 12.2 Å². The van der Waals surface area contributed by atoms with Gasteiger partial charge in [0.2, 0.25) is 0 Å². The average Bonchev–Trinajstić information content (AvgIpc) is 2.80. The van der Waals surface area contributed by atoms with Crippen LogP contribution in [0.3, 0.4) is 0 Å². The molecule has 0 aromatic rings. The van der Waals surface area contributed by atoms with Crippen LogP contribution in [-0.2, 0) is 4.74 Å². The minimum atomic E-state index is -1.37. The van der Waals surface area contributed by atoms with Gasteiger partial charge in [0.1, 0.15) is 18.3 Å². The molecule has 1 aliphatic rings. The third-order valence-electron chi connectivity index (χ3n) is 7.08. The van der Waals surface area contributed by atoms with E-state index >= 15 is 0 Å². The number of aliphatic hydroxyl groups excluding tert-OH is 5. The van der Waals surface area contributed by atoms with Gasteiger partial charge in [0.05, 0.1) is 35.9 Å². The van der Waals surface area contributed by atoms with Gasteiger partial charge >= 0.3 is 0 Å². The molecule has 0 heterocycles. The molecule has 0 spiro atoms. The van der Waals surface area contributed by atoms with Gasteiger partial charge in [0.25, 0.3) is 0 Å². The highest BCUT2D eigenvalue weighted by Gasteiger charge is 2.37. The average molecular weight is 560 g/mol. The van der Waals surface area contributed by atoms with Gasteiger partial charge in [-0.1, -0.05) is 93.6 Å². The molecule has 1 rings (SSSR count). The van der Waals surface area contributed by atoms with E-state index in [1.165, 1.54) is 6.08 Å². The van der Waals surface area contributed by atoms with E-state index < -0.39 is 48.1 Å². The fourth-order valence-corrected chi connectivity index (χ4v) is 6.60. The van der Waals surface area contributed by atoms with Crippen LogP contribution in [0.2, 0.25) is 0 Å². The number of rotatable bonds is 12. The summed E-state index contributed by atoms with van der Waals surface area (Å²) < 4.78 is 6.00. The first-order valence-electron chi connectivity index (χ1n) is 14.0. The lowest BCUT2D eigenvalue weighted by Gasteiger charge is -2.39. The van der Waals surface area contributed by atoms with E-state index in [-0.39, 0.29) is 29.3 Å². The van der Waals surface area contributed by atoms with Crippen molar-refractivity contribution in [3.63, 3.8) is 0 Å². The summed E-state index contributed by atoms with van der Waals surface area (Å²) in [5.74, 6) is 0. The van der Waals surface area contributed by atoms with Crippen LogP contribution >= 0.6 is 12.2 Å². The molecule has 0 aliphatic heterocycles. The van der Waals surface area contributed by atoms with E-state index in [9.17, 15) is 25.5 Å². The van der Waals surface area contributed by atoms with Gasteiger partial charge in [0.15, 0.2) is 0 Å². The summed E-state index contributed by atoms with van der Waals surface area (Å²) in [7, 11) is 0. The Balaban J connectivity index is 3.03. The zero-order valence-corrected chi connectivity index (χ0v) is 26.3. The molecule has 0 saturated heterocycles. The van der Waals surface area contributed by atoms with Crippen molar-refractivity contribution in [3.05, 3.63) is 12.2 Å². The first-order chi connectivity index (χ1) is 17.0. The lowest BCUT2D eigenvalue weighted by atomic mass is 9.71. The van der Waals surface area contributed by atoms with Crippen molar-refractivity contribution in [2.75, 3.05) is 6.61 Å². The SMILES string of the molecule is CC(C)(C)CC(C)(C)CC(=S)NC(COC1CC=CC(O)C(O)C1O)C(O)CC(O)C(C)(C)CC(C)(C)C. The van der Waals surface area contributed by atoms with Gasteiger partial charge in [0, 0.05) is 12.8 Å². The Morgan fingerprint density at radius 2 is 1.47 bits per heavy atom. The summed E-state index contributed by atoms with van der Waals surface area (Å²) in [5.41, 5.74) is -0.318. The maximum atomic E-state index is 11.3. The lowest BCUT2D eigenvalue weighted by Crippen LogP contribution is -2.51. The summed E-state index contributed by atoms with van der Waals surface area (Å²) in [5, 5.41) is 56.3. The maximum absolute atomic E-state index is 11.3. The molecule has 0 amide bonds. The summed E-state index contributed by atoms with van der Waals surface area (Å²) >= 11 is 5.72. The Labute approximate surface area is 237 Å². The Bertz CT molecular complexity index is 770. The fraction of sp³-hybridized carbons (Fsp3) is 0.900. The van der Waals surface area contributed by atoms with E-state index in [0.29, 0.717) is 17.8 Å². The van der Waals surface area contributed by atoms with Crippen LogP contribution in [0.1, 0.15) is 101 Å². The Hall–Kier alpha value is -0.610. The second-order valence-corrected chi connectivity index (χ2v) is 15.8. The van der Waals surface area contributed by atoms with Crippen LogP contribution in [-0.4, -0.2) is 79.8 Å². The predicted octanol–water partition coefficient (Wildman–Crippen LogP) is 4.13. The second-order valence-electron chi connectivity index (χ2n) is 15.3. The van der Waals surface area contributed by atoms with Crippen LogP contribution in [0, 0.1) is 21.7 Å². The molecule has 0 aromatic carbocycles. The fourth-order valence-electron chi connectivity index (χ4n) is 6.06. The second kappa shape index (κ2) is 13.8. The molecule has 7 nitrogen and oxygen atoms in total. The Kier molecular flexibility index (Phi) is 12.9. The molecule has 224 valence electrons. The van der Waals surface area contributed by atoms with E-state index in [1.807, 2.05) is 13.8 Å². The molecule has 0 fully saturated rings. The first kappa shape index (κ1) is 35.4. The smallest absolute Gasteiger partial charge is 0.112 e. The number of thiocarbonyl (C=S) groups is 1. The Morgan fingerprint density at radius 1 is 0.921 bits per heavy atom. The standard InChI is InChI=1S/C30H57NO6S/c1-27(2,3)17-29(7,8)15-24(38)31-19(16-37-22-13-11-12-20(32)25(35)26(22)36)21(33)14-23(34)30(9,10)18-28(4,5)6/h11-12,19-23,25-26,32-36H,13-18H2,1-10H3,(H,31,38). The van der Waals surface area contributed by atoms with Crippen molar-refractivity contribution in [1.82, 2.24) is 5.32 Å². The largest absolute Gasteiger partial charge is 0.392 e. The number of ether oxygens (including phenoxy) is 1. The minimum Gasteiger partial charge on any atom is -0.392 e. The summed E-state index contributed by atoms with van der Waals surface area (Å²) in [6.07, 6.45) is -0.379. The van der Waals surface area contributed by atoms with Crippen molar-refractivity contribution in [2.24, 2.45) is 21.7 Å². The van der Waals surface area contributed by atoms with Crippen molar-refractivity contribution in [1.29, 1.82) is 0 Å². The minimum absolute atomic E-state index is 0.00576. The summed E-state index contributed by atoms with van der Waals surface area (Å²) in [4.78, 5) is 0.604. The maximum Gasteiger partial charge on any atom is 0.112 e. The molecule has 7 atom stereocenters. The van der Waals surface area contributed by atoms with Crippen LogP contribution < -0.4 is 5.32 Å². The van der Waals surface area contributed by atoms with Crippen LogP contribution in [0.5, 0.6) is 0 Å². The van der Waals surface area contributed by atoms with Crippen LogP contribution in [0.4, 0.5) is 0 Å². The third kappa shape index (κ3) is 12.7. The zero-order valence-electron chi connectivity index (χ0n) is 25.5. The van der Waals surface area contributed by atoms with E-state index in [1.54, 1.807) is 6.08 Å². The van der Waals surface area contributed by atoms with Gasteiger partial charge in [-0.05, 0) is 40.9 Å². The predicted molar refractivity (Wildman–Crippen MR) is 158 cm³/mol. The molecule has 0 radical (unpaired) electrons. The van der Waals surface area contributed by atoms with Crippen molar-refractivity contribution < 1.29 is 30.3 Å². The molecule has 1 aliphatic carbocycles. The molecular weight excluding hydrogens is 502 g/mol. The molecule has 0 bridgehead atoms. The van der Waals surface area contributed by atoms with Crippen molar-refractivity contribution in [3.8, 4) is 0 Å². The molecule has 0 aromatic heterocycles. The van der Waals surface area contributed by atoms with E-state index in [0.717, 1.165) is 12.8 Å². The summed E-state index contributed by atoms with van der Waals surface area (Å²) in [6.45, 7) is 21.4. The van der Waals surface area contributed by atoms with Gasteiger partial charge in [-0.15, -0.1) is 0 Å². The highest BCUT2D eigenvalue weighted by molar-refractivity contribution is 7.80. The quantitative estimate of drug-likeness (QED) is 0.156. The van der Waals surface area contributed by atoms with E-state index in [2.05, 4.69) is 60.7 Å². The number of nitrogens with one attached hydrogen (secondary N) is 1. The van der Waals surface area contributed by atoms with Gasteiger partial charge in [-0.25, -0.2) is 0 Å². The van der Waals surface area contributed by atoms with Crippen molar-refractivity contribution in [2.45, 2.75) is 144 Å². The van der Waals surface area contributed by atoms with Gasteiger partial charge in [-0.2, -0.15) is 0 Å². The lowest BCUT2D eigenvalue weighted by molar-refractivity contribution is -0.117. The van der Waals surface area contributed by atoms with E-state index in [4.69, 9.17) is 17.0 Å². The topological polar surface area (TPSA) is 122 Å². The first-order valence-corrected chi connectivity index (χ1v) is 14.4. The molecular formula is C30H57NO6S. The third-order valence-corrected chi connectivity index (χ3v) is 7.35. The number of hydrogen-bond donors (Lipinski definition) is 6. The number of hydrogen-bond acceptors (Lipinski definition) is 7. The van der Waals surface area contributed by atoms with Gasteiger partial charge < -0.3 is 35.6 Å². The van der Waals surface area contributed by atoms with Crippen LogP contribution in [0.25, 0.3) is 0 Å². The zero-order chi connectivity index (χ0) is 29.7. The Morgan fingerprint density at radius 3 is 2.00 bits per heavy atom. The molecule has 8 heteroatoms. The highest BCUT2D eigenvalue weighted by Crippen LogP contribution is 2.38. The molecule has 0 saturated carbocycles.